The molecule has 2 atom stereocenters. The van der Waals surface area contributed by atoms with Crippen LogP contribution < -0.4 is 10.2 Å². The van der Waals surface area contributed by atoms with Gasteiger partial charge >= 0.3 is 0 Å². The summed E-state index contributed by atoms with van der Waals surface area (Å²) in [5, 5.41) is 6.73. The van der Waals surface area contributed by atoms with E-state index in [1.165, 1.54) is 23.1 Å². The third-order valence-corrected chi connectivity index (χ3v) is 8.41. The minimum atomic E-state index is -0.929. The average Bonchev–Trinajstić information content (AvgIpc) is 3.31. The number of rotatable bonds is 5. The number of halogens is 2. The van der Waals surface area contributed by atoms with Gasteiger partial charge in [0, 0.05) is 17.0 Å². The van der Waals surface area contributed by atoms with Crippen LogP contribution in [0.25, 0.3) is 0 Å². The highest BCUT2D eigenvalue weighted by Gasteiger charge is 2.47. The van der Waals surface area contributed by atoms with E-state index < -0.39 is 17.0 Å². The van der Waals surface area contributed by atoms with Crippen LogP contribution in [0.4, 0.5) is 10.1 Å². The van der Waals surface area contributed by atoms with Crippen molar-refractivity contribution in [2.24, 2.45) is 0 Å². The maximum Gasteiger partial charge on any atom is 0.242 e. The molecule has 1 aromatic heterocycles. The number of thiophene rings is 1. The summed E-state index contributed by atoms with van der Waals surface area (Å²) in [6.45, 7) is 0.788. The van der Waals surface area contributed by atoms with Crippen molar-refractivity contribution in [3.8, 4) is 0 Å². The molecule has 5 rings (SSSR count). The van der Waals surface area contributed by atoms with Crippen molar-refractivity contribution in [3.05, 3.63) is 81.5 Å². The summed E-state index contributed by atoms with van der Waals surface area (Å²) < 4.78 is 13.2. The van der Waals surface area contributed by atoms with Crippen LogP contribution in [0.5, 0.6) is 0 Å². The Bertz CT molecular complexity index is 1130. The second-order valence-electron chi connectivity index (χ2n) is 8.03. The van der Waals surface area contributed by atoms with Crippen molar-refractivity contribution in [2.45, 2.75) is 28.3 Å². The molecule has 0 aliphatic carbocycles. The van der Waals surface area contributed by atoms with Crippen molar-refractivity contribution in [1.82, 2.24) is 5.32 Å². The lowest BCUT2D eigenvalue weighted by molar-refractivity contribution is -0.132. The number of alkyl halides is 1. The van der Waals surface area contributed by atoms with Gasteiger partial charge in [0.2, 0.25) is 5.91 Å². The van der Waals surface area contributed by atoms with E-state index in [1.807, 2.05) is 64.2 Å². The van der Waals surface area contributed by atoms with Gasteiger partial charge in [-0.2, -0.15) is 11.3 Å². The van der Waals surface area contributed by atoms with E-state index >= 15 is 0 Å². The Balaban J connectivity index is 1.45. The monoisotopic (exact) mass is 486 g/mol. The van der Waals surface area contributed by atoms with Gasteiger partial charge in [-0.15, -0.1) is 11.8 Å². The Morgan fingerprint density at radius 1 is 1.06 bits per heavy atom. The van der Waals surface area contributed by atoms with E-state index in [9.17, 15) is 14.0 Å². The maximum absolute atomic E-state index is 13.3. The molecule has 3 aromatic rings. The molecule has 0 radical (unpaired) electrons. The van der Waals surface area contributed by atoms with Crippen LogP contribution in [0.1, 0.15) is 17.5 Å². The highest BCUT2D eigenvalue weighted by molar-refractivity contribution is 8.01. The molecule has 0 spiro atoms. The Kier molecular flexibility index (Phi) is 5.73. The summed E-state index contributed by atoms with van der Waals surface area (Å²) in [5.41, 5.74) is 1.72. The number of amides is 1. The number of hydrogen-bond acceptors (Lipinski definition) is 5. The molecule has 2 aliphatic rings. The molecule has 0 bridgehead atoms. The van der Waals surface area contributed by atoms with Crippen molar-refractivity contribution in [2.75, 3.05) is 18.0 Å². The van der Waals surface area contributed by atoms with Gasteiger partial charge < -0.3 is 10.2 Å². The molecule has 0 saturated carbocycles. The summed E-state index contributed by atoms with van der Waals surface area (Å²) in [4.78, 5) is 29.2. The van der Waals surface area contributed by atoms with E-state index in [0.29, 0.717) is 23.0 Å². The molecule has 32 heavy (non-hydrogen) atoms. The number of Topliss-reactive ketones (excluding diaryl/α,β-unsaturated/α-hetero) is 1. The molecule has 3 heterocycles. The molecule has 1 amide bonds. The number of hydrogen-bond donors (Lipinski definition) is 1. The molecule has 2 aliphatic heterocycles. The first kappa shape index (κ1) is 21.5. The fourth-order valence-electron chi connectivity index (χ4n) is 4.22. The zero-order chi connectivity index (χ0) is 22.3. The largest absolute Gasteiger partial charge is 0.366 e. The fraction of sp³-hybridized carbons (Fsp3) is 0.250. The zero-order valence-corrected chi connectivity index (χ0v) is 19.4. The van der Waals surface area contributed by atoms with Gasteiger partial charge in [0.25, 0.3) is 0 Å². The predicted octanol–water partition coefficient (Wildman–Crippen LogP) is 5.05. The predicted molar refractivity (Wildman–Crippen MR) is 128 cm³/mol. The van der Waals surface area contributed by atoms with Crippen LogP contribution >= 0.6 is 34.7 Å². The summed E-state index contributed by atoms with van der Waals surface area (Å²) in [5.74, 6) is -0.471. The second-order valence-corrected chi connectivity index (χ2v) is 10.4. The van der Waals surface area contributed by atoms with Gasteiger partial charge in [-0.05, 0) is 52.2 Å². The normalized spacial score (nSPS) is 23.7. The fourth-order valence-corrected chi connectivity index (χ4v) is 6.19. The van der Waals surface area contributed by atoms with Crippen molar-refractivity contribution in [1.29, 1.82) is 0 Å². The van der Waals surface area contributed by atoms with E-state index in [0.717, 1.165) is 16.8 Å². The number of piperidine rings is 1. The van der Waals surface area contributed by atoms with Crippen LogP contribution in [0.3, 0.4) is 0 Å². The molecular formula is C24H20ClFN2O2S2. The number of carbonyl (C=O) groups excluding carboxylic acids is 2. The second kappa shape index (κ2) is 8.54. The summed E-state index contributed by atoms with van der Waals surface area (Å²) in [6.07, 6.45) is -0.637. The van der Waals surface area contributed by atoms with Gasteiger partial charge in [0.15, 0.2) is 5.78 Å². The first-order valence-corrected chi connectivity index (χ1v) is 12.4. The van der Waals surface area contributed by atoms with Crippen LogP contribution in [0.15, 0.2) is 70.3 Å². The first-order valence-electron chi connectivity index (χ1n) is 10.2. The molecule has 164 valence electrons. The average molecular weight is 487 g/mol. The third-order valence-electron chi connectivity index (χ3n) is 5.96. The minimum Gasteiger partial charge on any atom is -0.366 e. The molecule has 4 nitrogen and oxygen atoms in total. The Morgan fingerprint density at radius 3 is 2.44 bits per heavy atom. The van der Waals surface area contributed by atoms with Crippen LogP contribution in [0, 0.1) is 0 Å². The summed E-state index contributed by atoms with van der Waals surface area (Å²) >= 11 is 8.95. The van der Waals surface area contributed by atoms with Gasteiger partial charge in [0.1, 0.15) is 11.4 Å². The van der Waals surface area contributed by atoms with Crippen molar-refractivity contribution < 1.29 is 14.0 Å². The van der Waals surface area contributed by atoms with Crippen LogP contribution in [0.2, 0.25) is 5.02 Å². The van der Waals surface area contributed by atoms with Crippen molar-refractivity contribution in [3.63, 3.8) is 0 Å². The van der Waals surface area contributed by atoms with Crippen LogP contribution in [-0.4, -0.2) is 36.2 Å². The highest BCUT2D eigenvalue weighted by Crippen LogP contribution is 2.42. The molecular weight excluding hydrogens is 467 g/mol. The quantitative estimate of drug-likeness (QED) is 0.512. The van der Waals surface area contributed by atoms with E-state index in [-0.39, 0.29) is 18.1 Å². The van der Waals surface area contributed by atoms with E-state index in [4.69, 9.17) is 11.6 Å². The SMILES string of the molecule is O=C1CC(c2ccc(N3CC(F)C3)cc2)(c2ccsc2)NC(=O)C1Sc1ccccc1Cl. The standard InChI is InChI=1S/C24H20ClFN2O2S2/c25-19-3-1-2-4-21(19)32-22-20(29)11-24(27-23(22)30,16-9-10-31-14-16)15-5-7-18(8-6-15)28-12-17(26)13-28/h1-10,14,17,22H,11-13H2,(H,27,30). The maximum atomic E-state index is 13.3. The lowest BCUT2D eigenvalue weighted by Gasteiger charge is -2.41. The van der Waals surface area contributed by atoms with Crippen LogP contribution in [-0.2, 0) is 15.1 Å². The van der Waals surface area contributed by atoms with Gasteiger partial charge in [-0.3, -0.25) is 9.59 Å². The number of nitrogens with one attached hydrogen (secondary N) is 1. The summed E-state index contributed by atoms with van der Waals surface area (Å²) in [7, 11) is 0. The topological polar surface area (TPSA) is 49.4 Å². The third kappa shape index (κ3) is 3.83. The Labute approximate surface area is 198 Å². The summed E-state index contributed by atoms with van der Waals surface area (Å²) in [6, 6.07) is 16.8. The molecule has 2 aromatic carbocycles. The number of carbonyl (C=O) groups is 2. The molecule has 2 saturated heterocycles. The number of thioether (sulfide) groups is 1. The van der Waals surface area contributed by atoms with Gasteiger partial charge in [-0.1, -0.05) is 35.9 Å². The molecule has 8 heteroatoms. The lowest BCUT2D eigenvalue weighted by atomic mass is 9.77. The number of anilines is 1. The number of benzene rings is 2. The highest BCUT2D eigenvalue weighted by atomic mass is 35.5. The lowest BCUT2D eigenvalue weighted by Crippen LogP contribution is -2.58. The smallest absolute Gasteiger partial charge is 0.242 e. The van der Waals surface area contributed by atoms with Gasteiger partial charge in [0.05, 0.1) is 23.7 Å². The van der Waals surface area contributed by atoms with Gasteiger partial charge in [-0.25, -0.2) is 4.39 Å². The van der Waals surface area contributed by atoms with E-state index in [2.05, 4.69) is 5.32 Å². The number of ketones is 1. The zero-order valence-electron chi connectivity index (χ0n) is 17.0. The van der Waals surface area contributed by atoms with Crippen molar-refractivity contribution >= 4 is 52.1 Å². The minimum absolute atomic E-state index is 0.142. The number of nitrogens with zero attached hydrogens (tertiary/aromatic N) is 1. The Hall–Kier alpha value is -2.35. The Morgan fingerprint density at radius 2 is 1.81 bits per heavy atom. The molecule has 2 unspecified atom stereocenters. The first-order chi connectivity index (χ1) is 15.5. The van der Waals surface area contributed by atoms with E-state index in [1.54, 1.807) is 6.07 Å². The molecule has 2 fully saturated rings. The molecule has 1 N–H and O–H groups in total.